The zero-order chi connectivity index (χ0) is 17.7. The summed E-state index contributed by atoms with van der Waals surface area (Å²) >= 11 is 5.61. The number of amides is 1. The van der Waals surface area contributed by atoms with Crippen molar-refractivity contribution in [2.75, 3.05) is 19.0 Å². The molecule has 126 valence electrons. The van der Waals surface area contributed by atoms with Crippen molar-refractivity contribution < 1.29 is 23.6 Å². The van der Waals surface area contributed by atoms with Crippen LogP contribution in [0, 0.1) is 15.9 Å². The Kier molecular flexibility index (Phi) is 5.54. The van der Waals surface area contributed by atoms with Gasteiger partial charge in [-0.2, -0.15) is 0 Å². The van der Waals surface area contributed by atoms with Gasteiger partial charge in [0.2, 0.25) is 0 Å². The van der Waals surface area contributed by atoms with E-state index in [1.165, 1.54) is 37.4 Å². The Morgan fingerprint density at radius 2 is 2.08 bits per heavy atom. The van der Waals surface area contributed by atoms with E-state index in [1.54, 1.807) is 0 Å². The molecule has 0 aliphatic carbocycles. The first-order valence-corrected chi connectivity index (χ1v) is 6.98. The number of rotatable bonds is 6. The van der Waals surface area contributed by atoms with Crippen molar-refractivity contribution in [3.8, 4) is 11.5 Å². The highest BCUT2D eigenvalue weighted by Crippen LogP contribution is 2.31. The molecule has 0 fully saturated rings. The van der Waals surface area contributed by atoms with Gasteiger partial charge in [-0.05, 0) is 30.3 Å². The summed E-state index contributed by atoms with van der Waals surface area (Å²) in [7, 11) is 1.37. The van der Waals surface area contributed by atoms with E-state index in [4.69, 9.17) is 21.1 Å². The number of benzene rings is 2. The lowest BCUT2D eigenvalue weighted by atomic mass is 10.3. The highest BCUT2D eigenvalue weighted by molar-refractivity contribution is 6.30. The van der Waals surface area contributed by atoms with E-state index in [0.717, 1.165) is 6.07 Å². The van der Waals surface area contributed by atoms with Crippen LogP contribution in [0.3, 0.4) is 0 Å². The molecule has 2 aromatic rings. The minimum Gasteiger partial charge on any atom is -0.496 e. The summed E-state index contributed by atoms with van der Waals surface area (Å²) in [6.07, 6.45) is 0. The number of methoxy groups -OCH3 is 1. The van der Waals surface area contributed by atoms with Crippen LogP contribution in [0.15, 0.2) is 36.4 Å². The van der Waals surface area contributed by atoms with Gasteiger partial charge in [-0.1, -0.05) is 11.6 Å². The van der Waals surface area contributed by atoms with E-state index in [-0.39, 0.29) is 27.9 Å². The average molecular weight is 355 g/mol. The summed E-state index contributed by atoms with van der Waals surface area (Å²) in [4.78, 5) is 22.1. The van der Waals surface area contributed by atoms with E-state index in [9.17, 15) is 19.3 Å². The topological polar surface area (TPSA) is 90.7 Å². The predicted octanol–water partition coefficient (Wildman–Crippen LogP) is 3.41. The van der Waals surface area contributed by atoms with Crippen molar-refractivity contribution in [3.63, 3.8) is 0 Å². The number of nitrogens with zero attached hydrogens (tertiary/aromatic N) is 1. The number of halogens is 2. The molecule has 1 N–H and O–H groups in total. The maximum Gasteiger partial charge on any atom is 0.314 e. The molecule has 9 heteroatoms. The Morgan fingerprint density at radius 3 is 2.71 bits per heavy atom. The van der Waals surface area contributed by atoms with E-state index in [2.05, 4.69) is 5.32 Å². The number of hydrogen-bond acceptors (Lipinski definition) is 5. The van der Waals surface area contributed by atoms with E-state index in [1.807, 2.05) is 0 Å². The smallest absolute Gasteiger partial charge is 0.314 e. The molecule has 2 rings (SSSR count). The van der Waals surface area contributed by atoms with Gasteiger partial charge in [0.05, 0.1) is 23.8 Å². The van der Waals surface area contributed by atoms with Crippen molar-refractivity contribution in [2.24, 2.45) is 0 Å². The van der Waals surface area contributed by atoms with Crippen LogP contribution in [-0.4, -0.2) is 24.5 Å². The molecule has 0 aliphatic rings. The summed E-state index contributed by atoms with van der Waals surface area (Å²) in [5.74, 6) is -1.21. The van der Waals surface area contributed by atoms with Gasteiger partial charge in [0.1, 0.15) is 11.6 Å². The zero-order valence-electron chi connectivity index (χ0n) is 12.4. The highest BCUT2D eigenvalue weighted by Gasteiger charge is 2.18. The molecule has 0 aromatic heterocycles. The lowest BCUT2D eigenvalue weighted by Crippen LogP contribution is -2.21. The van der Waals surface area contributed by atoms with E-state index < -0.39 is 23.3 Å². The van der Waals surface area contributed by atoms with Gasteiger partial charge >= 0.3 is 5.69 Å². The van der Waals surface area contributed by atoms with Gasteiger partial charge < -0.3 is 14.8 Å². The Labute approximate surface area is 141 Å². The maximum atomic E-state index is 13.6. The van der Waals surface area contributed by atoms with Crippen molar-refractivity contribution in [2.45, 2.75) is 0 Å². The van der Waals surface area contributed by atoms with Gasteiger partial charge in [0.25, 0.3) is 5.91 Å². The highest BCUT2D eigenvalue weighted by atomic mass is 35.5. The average Bonchev–Trinajstić information content (AvgIpc) is 2.55. The first-order chi connectivity index (χ1) is 11.4. The molecule has 0 radical (unpaired) electrons. The molecule has 2 aromatic carbocycles. The van der Waals surface area contributed by atoms with Gasteiger partial charge in [0, 0.05) is 5.02 Å². The van der Waals surface area contributed by atoms with Crippen LogP contribution in [0.4, 0.5) is 15.8 Å². The molecule has 0 saturated heterocycles. The van der Waals surface area contributed by atoms with Crippen LogP contribution in [0.5, 0.6) is 11.5 Å². The predicted molar refractivity (Wildman–Crippen MR) is 85.2 cm³/mol. The quantitative estimate of drug-likeness (QED) is 0.634. The number of carbonyl (C=O) groups excluding carboxylic acids is 1. The summed E-state index contributed by atoms with van der Waals surface area (Å²) < 4.78 is 23.6. The first-order valence-electron chi connectivity index (χ1n) is 6.61. The summed E-state index contributed by atoms with van der Waals surface area (Å²) in [6.45, 7) is -0.533. The van der Waals surface area contributed by atoms with Gasteiger partial charge in [-0.25, -0.2) is 4.39 Å². The van der Waals surface area contributed by atoms with Crippen molar-refractivity contribution >= 4 is 28.9 Å². The third-order valence-corrected chi connectivity index (χ3v) is 3.16. The minimum atomic E-state index is -0.703. The summed E-state index contributed by atoms with van der Waals surface area (Å²) in [5, 5.41) is 13.5. The fourth-order valence-corrected chi connectivity index (χ4v) is 1.97. The van der Waals surface area contributed by atoms with Crippen molar-refractivity contribution in [1.82, 2.24) is 0 Å². The van der Waals surface area contributed by atoms with Gasteiger partial charge in [0.15, 0.2) is 12.4 Å². The van der Waals surface area contributed by atoms with Crippen LogP contribution in [0.25, 0.3) is 0 Å². The van der Waals surface area contributed by atoms with Crippen molar-refractivity contribution in [1.29, 1.82) is 0 Å². The Hall–Kier alpha value is -2.87. The van der Waals surface area contributed by atoms with Crippen LogP contribution in [0.1, 0.15) is 0 Å². The molecule has 0 unspecified atom stereocenters. The van der Waals surface area contributed by atoms with Crippen LogP contribution in [-0.2, 0) is 4.79 Å². The molecular weight excluding hydrogens is 343 g/mol. The monoisotopic (exact) mass is 354 g/mol. The second kappa shape index (κ2) is 7.60. The number of carbonyl (C=O) groups is 1. The fraction of sp³-hybridized carbons (Fsp3) is 0.133. The molecule has 0 spiro atoms. The molecule has 0 aliphatic heterocycles. The molecule has 7 nitrogen and oxygen atoms in total. The third kappa shape index (κ3) is 4.32. The van der Waals surface area contributed by atoms with Crippen LogP contribution >= 0.6 is 11.6 Å². The zero-order valence-corrected chi connectivity index (χ0v) is 13.2. The van der Waals surface area contributed by atoms with Crippen molar-refractivity contribution in [3.05, 3.63) is 57.4 Å². The lowest BCUT2D eigenvalue weighted by Gasteiger charge is -2.09. The molecule has 1 amide bonds. The van der Waals surface area contributed by atoms with Gasteiger partial charge in [-0.15, -0.1) is 0 Å². The molecule has 24 heavy (non-hydrogen) atoms. The van der Waals surface area contributed by atoms with E-state index >= 15 is 0 Å². The largest absolute Gasteiger partial charge is 0.496 e. The SMILES string of the molecule is COc1ccc(OCC(=O)Nc2ccc(Cl)cc2F)c([N+](=O)[O-])c1. The molecular formula is C15H12ClFN2O5. The number of ether oxygens (including phenoxy) is 2. The number of nitrogens with one attached hydrogen (secondary N) is 1. The lowest BCUT2D eigenvalue weighted by molar-refractivity contribution is -0.385. The molecule has 0 bridgehead atoms. The fourth-order valence-electron chi connectivity index (χ4n) is 1.81. The molecule has 0 heterocycles. The minimum absolute atomic E-state index is 0.0720. The number of nitro benzene ring substituents is 1. The molecule has 0 atom stereocenters. The van der Waals surface area contributed by atoms with Gasteiger partial charge in [-0.3, -0.25) is 14.9 Å². The third-order valence-electron chi connectivity index (χ3n) is 2.93. The normalized spacial score (nSPS) is 10.1. The Morgan fingerprint density at radius 1 is 1.33 bits per heavy atom. The molecule has 0 saturated carbocycles. The number of hydrogen-bond donors (Lipinski definition) is 1. The summed E-state index contributed by atoms with van der Waals surface area (Å²) in [5.41, 5.74) is -0.419. The standard InChI is InChI=1S/C15H12ClFN2O5/c1-23-10-3-5-14(13(7-10)19(21)22)24-8-15(20)18-12-4-2-9(16)6-11(12)17/h2-7H,8H2,1H3,(H,18,20). The van der Waals surface area contributed by atoms with Crippen LogP contribution in [0.2, 0.25) is 5.02 Å². The Balaban J connectivity index is 2.05. The summed E-state index contributed by atoms with van der Waals surface area (Å²) in [6, 6.07) is 7.70. The number of anilines is 1. The number of nitro groups is 1. The second-order valence-corrected chi connectivity index (χ2v) is 4.99. The second-order valence-electron chi connectivity index (χ2n) is 4.55. The maximum absolute atomic E-state index is 13.6. The first kappa shape index (κ1) is 17.5. The Bertz CT molecular complexity index is 784. The van der Waals surface area contributed by atoms with E-state index in [0.29, 0.717) is 0 Å². The van der Waals surface area contributed by atoms with Crippen LogP contribution < -0.4 is 14.8 Å².